The highest BCUT2D eigenvalue weighted by Gasteiger charge is 2.29. The second-order valence-electron chi connectivity index (χ2n) is 7.18. The number of aromatic nitrogens is 2. The summed E-state index contributed by atoms with van der Waals surface area (Å²) in [6.45, 7) is 6.42. The number of pyridine rings is 1. The minimum Gasteiger partial charge on any atom is -0.348 e. The average molecular weight is 354 g/mol. The summed E-state index contributed by atoms with van der Waals surface area (Å²) >= 11 is 5.88. The second-order valence-corrected chi connectivity index (χ2v) is 12.9. The number of carbonyl (C=O) groups excluding carboxylic acids is 1. The number of H-pyrrole nitrogens is 1. The molecule has 7 heteroatoms. The maximum absolute atomic E-state index is 14.2. The van der Waals surface area contributed by atoms with Crippen molar-refractivity contribution in [3.05, 3.63) is 28.3 Å². The summed E-state index contributed by atoms with van der Waals surface area (Å²) < 4.78 is 14.2. The van der Waals surface area contributed by atoms with E-state index in [-0.39, 0.29) is 22.4 Å². The van der Waals surface area contributed by atoms with Gasteiger partial charge in [-0.1, -0.05) is 36.8 Å². The van der Waals surface area contributed by atoms with Gasteiger partial charge in [-0.05, 0) is 25.8 Å². The summed E-state index contributed by atoms with van der Waals surface area (Å²) in [5.41, 5.74) is 1.09. The topological polar surface area (TPSA) is 57.8 Å². The Morgan fingerprint density at radius 3 is 2.74 bits per heavy atom. The van der Waals surface area contributed by atoms with E-state index in [0.29, 0.717) is 17.0 Å². The lowest BCUT2D eigenvalue weighted by Crippen LogP contribution is -2.42. The van der Waals surface area contributed by atoms with Gasteiger partial charge in [0.05, 0.1) is 16.1 Å². The van der Waals surface area contributed by atoms with Crippen LogP contribution < -0.4 is 5.32 Å². The van der Waals surface area contributed by atoms with Crippen LogP contribution in [0, 0.1) is 12.7 Å². The number of hydrogen-bond acceptors (Lipinski definition) is 2. The molecule has 23 heavy (non-hydrogen) atoms. The third-order valence-corrected chi connectivity index (χ3v) is 8.47. The molecular weight excluding hydrogens is 333 g/mol. The van der Waals surface area contributed by atoms with Gasteiger partial charge >= 0.3 is 0 Å². The van der Waals surface area contributed by atoms with Crippen LogP contribution in [0.5, 0.6) is 0 Å². The normalized spacial score (nSPS) is 18.3. The predicted molar refractivity (Wildman–Crippen MR) is 93.4 cm³/mol. The highest BCUT2D eigenvalue weighted by atomic mass is 35.5. The van der Waals surface area contributed by atoms with Crippen molar-refractivity contribution >= 4 is 36.6 Å². The molecule has 0 spiro atoms. The fraction of sp³-hybridized carbons (Fsp3) is 0.500. The highest BCUT2D eigenvalue weighted by molar-refractivity contribution is 6.77. The van der Waals surface area contributed by atoms with Gasteiger partial charge in [0, 0.05) is 14.1 Å². The van der Waals surface area contributed by atoms with Crippen LogP contribution in [-0.2, 0) is 0 Å². The first-order valence-electron chi connectivity index (χ1n) is 7.92. The van der Waals surface area contributed by atoms with Crippen molar-refractivity contribution in [2.24, 2.45) is 0 Å². The Morgan fingerprint density at radius 1 is 1.43 bits per heavy atom. The van der Waals surface area contributed by atoms with Gasteiger partial charge in [-0.25, -0.2) is 9.37 Å². The molecule has 124 valence electrons. The van der Waals surface area contributed by atoms with E-state index in [9.17, 15) is 9.18 Å². The quantitative estimate of drug-likeness (QED) is 0.792. The Balaban J connectivity index is 1.78. The van der Waals surface area contributed by atoms with Gasteiger partial charge < -0.3 is 10.3 Å². The molecule has 1 amide bonds. The van der Waals surface area contributed by atoms with Gasteiger partial charge in [-0.3, -0.25) is 4.79 Å². The van der Waals surface area contributed by atoms with Crippen LogP contribution in [0.3, 0.4) is 0 Å². The lowest BCUT2D eigenvalue weighted by atomic mass is 10.1. The first-order chi connectivity index (χ1) is 10.8. The number of rotatable bonds is 2. The fourth-order valence-electron chi connectivity index (χ4n) is 3.12. The van der Waals surface area contributed by atoms with Crippen molar-refractivity contribution in [2.75, 3.05) is 0 Å². The lowest BCUT2D eigenvalue weighted by molar-refractivity contribution is 0.0929. The summed E-state index contributed by atoms with van der Waals surface area (Å²) in [7, 11) is -1.04. The number of fused-ring (bicyclic) bond motifs is 1. The standard InChI is InChI=1S/C16H21ClFN3OSi/c1-9-13(17)14(18)11-8-12(21-15(11)19-9)16(22)20-10-4-6-23(2,3)7-5-10/h8,10H,4-7H2,1-3H3,(H,19,21)(H,20,22). The number of aryl methyl sites for hydroxylation is 1. The van der Waals surface area contributed by atoms with Crippen LogP contribution in [0.4, 0.5) is 4.39 Å². The third kappa shape index (κ3) is 3.28. The molecule has 0 radical (unpaired) electrons. The van der Waals surface area contributed by atoms with E-state index in [2.05, 4.69) is 28.4 Å². The van der Waals surface area contributed by atoms with E-state index >= 15 is 0 Å². The molecule has 0 aromatic carbocycles. The van der Waals surface area contributed by atoms with Crippen LogP contribution in [0.2, 0.25) is 30.2 Å². The molecule has 0 unspecified atom stereocenters. The summed E-state index contributed by atoms with van der Waals surface area (Å²) in [5.74, 6) is -0.738. The third-order valence-electron chi connectivity index (χ3n) is 4.74. The Bertz CT molecular complexity index is 764. The molecule has 1 aliphatic rings. The molecule has 2 aromatic heterocycles. The molecule has 2 N–H and O–H groups in total. The average Bonchev–Trinajstić information content (AvgIpc) is 2.91. The number of aromatic amines is 1. The number of amides is 1. The van der Waals surface area contributed by atoms with Gasteiger partial charge in [0.2, 0.25) is 0 Å². The van der Waals surface area contributed by atoms with E-state index in [4.69, 9.17) is 11.6 Å². The summed E-state index contributed by atoms with van der Waals surface area (Å²) in [6, 6.07) is 4.16. The molecule has 0 aliphatic carbocycles. The van der Waals surface area contributed by atoms with Crippen molar-refractivity contribution in [1.29, 1.82) is 0 Å². The first-order valence-corrected chi connectivity index (χ1v) is 11.7. The molecule has 3 heterocycles. The maximum Gasteiger partial charge on any atom is 0.267 e. The van der Waals surface area contributed by atoms with Crippen molar-refractivity contribution in [2.45, 2.75) is 51.0 Å². The molecule has 2 aromatic rings. The zero-order valence-corrected chi connectivity index (χ0v) is 15.4. The van der Waals surface area contributed by atoms with E-state index in [1.165, 1.54) is 18.2 Å². The van der Waals surface area contributed by atoms with E-state index < -0.39 is 13.9 Å². The number of hydrogen-bond donors (Lipinski definition) is 2. The molecule has 1 saturated heterocycles. The van der Waals surface area contributed by atoms with Crippen LogP contribution in [-0.4, -0.2) is 30.0 Å². The molecule has 0 bridgehead atoms. The largest absolute Gasteiger partial charge is 0.348 e. The van der Waals surface area contributed by atoms with Crippen molar-refractivity contribution < 1.29 is 9.18 Å². The summed E-state index contributed by atoms with van der Waals surface area (Å²) in [6.07, 6.45) is 2.06. The van der Waals surface area contributed by atoms with Crippen molar-refractivity contribution in [3.8, 4) is 0 Å². The molecule has 3 rings (SSSR count). The van der Waals surface area contributed by atoms with Gasteiger partial charge in [0.25, 0.3) is 5.91 Å². The first kappa shape index (κ1) is 16.5. The van der Waals surface area contributed by atoms with E-state index in [1.54, 1.807) is 6.92 Å². The van der Waals surface area contributed by atoms with E-state index in [1.807, 2.05) is 0 Å². The zero-order valence-electron chi connectivity index (χ0n) is 13.6. The lowest BCUT2D eigenvalue weighted by Gasteiger charge is -2.33. The smallest absolute Gasteiger partial charge is 0.267 e. The fourth-order valence-corrected chi connectivity index (χ4v) is 5.78. The minimum absolute atomic E-state index is 0.00271. The SMILES string of the molecule is Cc1nc2[nH]c(C(=O)NC3CC[Si](C)(C)CC3)cc2c(F)c1Cl. The molecule has 0 saturated carbocycles. The molecule has 0 atom stereocenters. The second kappa shape index (κ2) is 5.91. The van der Waals surface area contributed by atoms with Crippen LogP contribution in [0.25, 0.3) is 11.0 Å². The molecular formula is C16H21ClFN3OSi. The predicted octanol–water partition coefficient (Wildman–Crippen LogP) is 4.26. The van der Waals surface area contributed by atoms with Gasteiger partial charge in [0.1, 0.15) is 11.3 Å². The molecule has 1 fully saturated rings. The Hall–Kier alpha value is -1.40. The number of nitrogens with zero attached hydrogens (tertiary/aromatic N) is 1. The maximum atomic E-state index is 14.2. The zero-order chi connectivity index (χ0) is 16.8. The highest BCUT2D eigenvalue weighted by Crippen LogP contribution is 2.29. The number of halogens is 2. The summed E-state index contributed by atoms with van der Waals surface area (Å²) in [5, 5.41) is 3.31. The van der Waals surface area contributed by atoms with Gasteiger partial charge in [-0.15, -0.1) is 0 Å². The van der Waals surface area contributed by atoms with Crippen LogP contribution in [0.1, 0.15) is 29.0 Å². The Labute approximate surface area is 140 Å². The molecule has 1 aliphatic heterocycles. The van der Waals surface area contributed by atoms with Crippen LogP contribution in [0.15, 0.2) is 6.07 Å². The van der Waals surface area contributed by atoms with Gasteiger partial charge in [0.15, 0.2) is 5.82 Å². The summed E-state index contributed by atoms with van der Waals surface area (Å²) in [4.78, 5) is 19.5. The van der Waals surface area contributed by atoms with Crippen molar-refractivity contribution in [1.82, 2.24) is 15.3 Å². The Morgan fingerprint density at radius 2 is 2.09 bits per heavy atom. The van der Waals surface area contributed by atoms with E-state index in [0.717, 1.165) is 12.8 Å². The van der Waals surface area contributed by atoms with Gasteiger partial charge in [-0.2, -0.15) is 0 Å². The number of carbonyl (C=O) groups is 1. The Kier molecular flexibility index (Phi) is 4.23. The monoisotopic (exact) mass is 353 g/mol. The molecule has 4 nitrogen and oxygen atoms in total. The van der Waals surface area contributed by atoms with Crippen LogP contribution >= 0.6 is 11.6 Å². The minimum atomic E-state index is -1.04. The number of nitrogens with one attached hydrogen (secondary N) is 2. The van der Waals surface area contributed by atoms with Crippen molar-refractivity contribution in [3.63, 3.8) is 0 Å².